The molecule has 2 aromatic heterocycles. The molecule has 2 heterocycles. The maximum atomic E-state index is 13.7. The Balaban J connectivity index is 1.58. The summed E-state index contributed by atoms with van der Waals surface area (Å²) in [5.74, 6) is -0.0596. The Morgan fingerprint density at radius 1 is 1.04 bits per heavy atom. The van der Waals surface area contributed by atoms with Crippen LogP contribution in [0.4, 0.5) is 26.1 Å². The number of H-pyrrole nitrogens is 1. The van der Waals surface area contributed by atoms with Crippen LogP contribution in [0.2, 0.25) is 0 Å². The van der Waals surface area contributed by atoms with Crippen LogP contribution in [-0.2, 0) is 0 Å². The number of benzene rings is 2. The number of halogens is 2. The number of nitrogens with two attached hydrogens (primary N) is 1. The highest BCUT2D eigenvalue weighted by molar-refractivity contribution is 5.80. The number of ether oxygens (including phenoxy) is 1. The van der Waals surface area contributed by atoms with Crippen LogP contribution >= 0.6 is 0 Å². The molecule has 0 aliphatic carbocycles. The van der Waals surface area contributed by atoms with E-state index >= 15 is 0 Å². The Morgan fingerprint density at radius 2 is 1.92 bits per heavy atom. The third kappa shape index (κ3) is 3.25. The molecule has 0 fully saturated rings. The predicted molar refractivity (Wildman–Crippen MR) is 94.5 cm³/mol. The van der Waals surface area contributed by atoms with Gasteiger partial charge in [-0.2, -0.15) is 0 Å². The lowest BCUT2D eigenvalue weighted by Crippen LogP contribution is -1.95. The molecule has 0 saturated heterocycles. The number of hydrogen-bond acceptors (Lipinski definition) is 5. The van der Waals surface area contributed by atoms with E-state index in [9.17, 15) is 8.78 Å². The van der Waals surface area contributed by atoms with Gasteiger partial charge < -0.3 is 20.8 Å². The van der Waals surface area contributed by atoms with Crippen LogP contribution in [-0.4, -0.2) is 15.0 Å². The minimum atomic E-state index is -0.705. The van der Waals surface area contributed by atoms with E-state index in [4.69, 9.17) is 10.5 Å². The summed E-state index contributed by atoms with van der Waals surface area (Å²) in [5, 5.41) is 2.79. The summed E-state index contributed by atoms with van der Waals surface area (Å²) in [4.78, 5) is 11.4. The second-order valence-electron chi connectivity index (χ2n) is 5.55. The number of hydrogen-bond donors (Lipinski definition) is 3. The van der Waals surface area contributed by atoms with E-state index in [1.165, 1.54) is 18.3 Å². The van der Waals surface area contributed by atoms with Crippen LogP contribution in [0.1, 0.15) is 0 Å². The van der Waals surface area contributed by atoms with Crippen LogP contribution < -0.4 is 15.8 Å². The molecule has 130 valence electrons. The number of nitrogen functional groups attached to an aromatic ring is 1. The summed E-state index contributed by atoms with van der Waals surface area (Å²) in [7, 11) is 0. The smallest absolute Gasteiger partial charge is 0.219 e. The molecule has 6 nitrogen and oxygen atoms in total. The summed E-state index contributed by atoms with van der Waals surface area (Å²) in [6.45, 7) is 0. The molecular weight excluding hydrogens is 340 g/mol. The molecule has 4 rings (SSSR count). The number of aromatic amines is 1. The topological polar surface area (TPSA) is 88.9 Å². The summed E-state index contributed by atoms with van der Waals surface area (Å²) in [6, 6.07) is 11.9. The van der Waals surface area contributed by atoms with Gasteiger partial charge in [0, 0.05) is 18.2 Å². The van der Waals surface area contributed by atoms with Gasteiger partial charge in [0.1, 0.15) is 17.4 Å². The molecule has 0 radical (unpaired) electrons. The van der Waals surface area contributed by atoms with Crippen LogP contribution in [0, 0.1) is 11.6 Å². The molecule has 0 bridgehead atoms. The monoisotopic (exact) mass is 353 g/mol. The maximum Gasteiger partial charge on any atom is 0.219 e. The van der Waals surface area contributed by atoms with Crippen molar-refractivity contribution >= 4 is 28.4 Å². The Kier molecular flexibility index (Phi) is 3.85. The molecule has 0 aliphatic heterocycles. The molecular formula is C18H13F2N5O. The number of anilines is 3. The second-order valence-corrected chi connectivity index (χ2v) is 5.55. The van der Waals surface area contributed by atoms with Crippen molar-refractivity contribution in [2.75, 3.05) is 11.1 Å². The lowest BCUT2D eigenvalue weighted by Gasteiger charge is -2.04. The van der Waals surface area contributed by atoms with Gasteiger partial charge in [0.2, 0.25) is 11.8 Å². The van der Waals surface area contributed by atoms with Gasteiger partial charge in [0.05, 0.1) is 28.6 Å². The van der Waals surface area contributed by atoms with E-state index in [2.05, 4.69) is 20.3 Å². The number of aromatic nitrogens is 3. The number of nitrogens with one attached hydrogen (secondary N) is 2. The fraction of sp³-hybridized carbons (Fsp3) is 0. The van der Waals surface area contributed by atoms with Gasteiger partial charge in [0.25, 0.3) is 0 Å². The van der Waals surface area contributed by atoms with Crippen LogP contribution in [0.5, 0.6) is 11.6 Å². The Morgan fingerprint density at radius 3 is 2.69 bits per heavy atom. The average Bonchev–Trinajstić information content (AvgIpc) is 3.01. The van der Waals surface area contributed by atoms with Gasteiger partial charge in [0.15, 0.2) is 0 Å². The molecule has 0 unspecified atom stereocenters. The zero-order valence-corrected chi connectivity index (χ0v) is 13.3. The van der Waals surface area contributed by atoms with Crippen molar-refractivity contribution in [2.24, 2.45) is 0 Å². The maximum absolute atomic E-state index is 13.7. The highest BCUT2D eigenvalue weighted by Gasteiger charge is 2.09. The van der Waals surface area contributed by atoms with E-state index in [-0.39, 0.29) is 5.69 Å². The molecule has 0 amide bonds. The standard InChI is InChI=1S/C18H13F2N5O/c19-10-1-4-14(13(20)7-10)23-18-24-15-5-3-12(8-16(15)25-18)26-17-6-2-11(21)9-22-17/h1-9H,21H2,(H2,23,24,25). The van der Waals surface area contributed by atoms with Gasteiger partial charge in [-0.05, 0) is 30.3 Å². The van der Waals surface area contributed by atoms with E-state index in [1.807, 2.05) is 0 Å². The van der Waals surface area contributed by atoms with Crippen LogP contribution in [0.15, 0.2) is 54.7 Å². The Labute approximate surface area is 146 Å². The van der Waals surface area contributed by atoms with E-state index < -0.39 is 11.6 Å². The second kappa shape index (κ2) is 6.32. The zero-order valence-electron chi connectivity index (χ0n) is 13.3. The summed E-state index contributed by atoms with van der Waals surface area (Å²) < 4.78 is 32.4. The molecule has 0 spiro atoms. The summed E-state index contributed by atoms with van der Waals surface area (Å²) in [6.07, 6.45) is 1.50. The van der Waals surface area contributed by atoms with Crippen molar-refractivity contribution in [1.29, 1.82) is 0 Å². The Bertz CT molecular complexity index is 1080. The molecule has 4 N–H and O–H groups in total. The molecule has 2 aromatic carbocycles. The molecule has 26 heavy (non-hydrogen) atoms. The van der Waals surface area contributed by atoms with Gasteiger partial charge in [-0.1, -0.05) is 0 Å². The minimum absolute atomic E-state index is 0.119. The van der Waals surface area contributed by atoms with Crippen LogP contribution in [0.3, 0.4) is 0 Å². The highest BCUT2D eigenvalue weighted by atomic mass is 19.1. The lowest BCUT2D eigenvalue weighted by molar-refractivity contribution is 0.464. The summed E-state index contributed by atoms with van der Waals surface area (Å²) in [5.41, 5.74) is 7.60. The number of pyridine rings is 1. The number of imidazole rings is 1. The van der Waals surface area contributed by atoms with Crippen molar-refractivity contribution in [3.8, 4) is 11.6 Å². The first kappa shape index (κ1) is 15.8. The van der Waals surface area contributed by atoms with Crippen LogP contribution in [0.25, 0.3) is 11.0 Å². The van der Waals surface area contributed by atoms with Crippen molar-refractivity contribution in [3.63, 3.8) is 0 Å². The van der Waals surface area contributed by atoms with Gasteiger partial charge in [-0.15, -0.1) is 0 Å². The third-order valence-corrected chi connectivity index (χ3v) is 3.62. The number of fused-ring (bicyclic) bond motifs is 1. The first-order valence-electron chi connectivity index (χ1n) is 7.68. The fourth-order valence-electron chi connectivity index (χ4n) is 2.40. The van der Waals surface area contributed by atoms with Crippen molar-refractivity contribution in [2.45, 2.75) is 0 Å². The highest BCUT2D eigenvalue weighted by Crippen LogP contribution is 2.26. The largest absolute Gasteiger partial charge is 0.439 e. The quantitative estimate of drug-likeness (QED) is 0.507. The number of rotatable bonds is 4. The van der Waals surface area contributed by atoms with Gasteiger partial charge >= 0.3 is 0 Å². The predicted octanol–water partition coefficient (Wildman–Crippen LogP) is 4.35. The molecule has 0 saturated carbocycles. The van der Waals surface area contributed by atoms with Gasteiger partial charge in [-0.25, -0.2) is 18.7 Å². The van der Waals surface area contributed by atoms with E-state index in [0.717, 1.165) is 6.07 Å². The normalized spacial score (nSPS) is 10.8. The third-order valence-electron chi connectivity index (χ3n) is 3.62. The van der Waals surface area contributed by atoms with Crippen molar-refractivity contribution in [1.82, 2.24) is 15.0 Å². The molecule has 8 heteroatoms. The molecule has 0 atom stereocenters. The van der Waals surface area contributed by atoms with Gasteiger partial charge in [-0.3, -0.25) is 0 Å². The van der Waals surface area contributed by atoms with Crippen molar-refractivity contribution < 1.29 is 13.5 Å². The minimum Gasteiger partial charge on any atom is -0.439 e. The average molecular weight is 353 g/mol. The van der Waals surface area contributed by atoms with E-state index in [0.29, 0.717) is 34.3 Å². The molecule has 4 aromatic rings. The first-order chi connectivity index (χ1) is 12.6. The summed E-state index contributed by atoms with van der Waals surface area (Å²) >= 11 is 0. The first-order valence-corrected chi connectivity index (χ1v) is 7.68. The zero-order chi connectivity index (χ0) is 18.1. The SMILES string of the molecule is Nc1ccc(Oc2ccc3nc(Nc4ccc(F)cc4F)[nH]c3c2)nc1. The Hall–Kier alpha value is -3.68. The van der Waals surface area contributed by atoms with E-state index in [1.54, 1.807) is 30.3 Å². The molecule has 0 aliphatic rings. The van der Waals surface area contributed by atoms with Crippen molar-refractivity contribution in [3.05, 3.63) is 66.4 Å². The fourth-order valence-corrected chi connectivity index (χ4v) is 2.40. The number of nitrogens with zero attached hydrogens (tertiary/aromatic N) is 2. The lowest BCUT2D eigenvalue weighted by atomic mass is 10.3.